The second-order valence-electron chi connectivity index (χ2n) is 7.11. The van der Waals surface area contributed by atoms with Gasteiger partial charge in [0.2, 0.25) is 5.78 Å². The third kappa shape index (κ3) is 3.13. The Bertz CT molecular complexity index is 1040. The number of fused-ring (bicyclic) bond motifs is 3. The van der Waals surface area contributed by atoms with Crippen LogP contribution in [0.2, 0.25) is 0 Å². The van der Waals surface area contributed by atoms with Crippen molar-refractivity contribution in [1.29, 1.82) is 0 Å². The maximum absolute atomic E-state index is 5.46. The number of benzene rings is 2. The van der Waals surface area contributed by atoms with E-state index in [1.54, 1.807) is 0 Å². The van der Waals surface area contributed by atoms with E-state index in [4.69, 9.17) is 9.72 Å². The highest BCUT2D eigenvalue weighted by Gasteiger charge is 2.16. The third-order valence-electron chi connectivity index (χ3n) is 5.39. The summed E-state index contributed by atoms with van der Waals surface area (Å²) in [5.41, 5.74) is 4.68. The van der Waals surface area contributed by atoms with E-state index in [0.717, 1.165) is 62.6 Å². The van der Waals surface area contributed by atoms with Crippen LogP contribution in [-0.4, -0.2) is 51.7 Å². The Morgan fingerprint density at radius 3 is 2.52 bits per heavy atom. The van der Waals surface area contributed by atoms with Gasteiger partial charge in [-0.25, -0.2) is 4.98 Å². The van der Waals surface area contributed by atoms with E-state index in [9.17, 15) is 0 Å². The van der Waals surface area contributed by atoms with Gasteiger partial charge < -0.3 is 9.30 Å². The molecule has 27 heavy (non-hydrogen) atoms. The summed E-state index contributed by atoms with van der Waals surface area (Å²) in [7, 11) is 0. The van der Waals surface area contributed by atoms with Gasteiger partial charge in [-0.05, 0) is 24.1 Å². The largest absolute Gasteiger partial charge is 0.379 e. The van der Waals surface area contributed by atoms with Crippen LogP contribution in [0.1, 0.15) is 6.42 Å². The van der Waals surface area contributed by atoms with Gasteiger partial charge in [-0.1, -0.05) is 42.5 Å². The van der Waals surface area contributed by atoms with Gasteiger partial charge in [0, 0.05) is 32.4 Å². The first-order chi connectivity index (χ1) is 13.4. The SMILES string of the molecule is c1ccc(-c2cn3c4ccccc4nc3n2CCCN2CCOCC2)cc1. The molecule has 5 nitrogen and oxygen atoms in total. The molecule has 4 aromatic rings. The van der Waals surface area contributed by atoms with Crippen molar-refractivity contribution in [1.82, 2.24) is 18.9 Å². The minimum Gasteiger partial charge on any atom is -0.379 e. The molecule has 0 radical (unpaired) electrons. The Hall–Kier alpha value is -2.63. The lowest BCUT2D eigenvalue weighted by molar-refractivity contribution is 0.0370. The van der Waals surface area contributed by atoms with Crippen LogP contribution in [0.25, 0.3) is 28.1 Å². The van der Waals surface area contributed by atoms with Crippen molar-refractivity contribution in [2.75, 3.05) is 32.8 Å². The van der Waals surface area contributed by atoms with Gasteiger partial charge in [0.05, 0.1) is 29.9 Å². The van der Waals surface area contributed by atoms with E-state index in [-0.39, 0.29) is 0 Å². The highest BCUT2D eigenvalue weighted by Crippen LogP contribution is 2.26. The molecule has 1 fully saturated rings. The molecule has 0 unspecified atom stereocenters. The van der Waals surface area contributed by atoms with E-state index < -0.39 is 0 Å². The van der Waals surface area contributed by atoms with Crippen molar-refractivity contribution in [2.45, 2.75) is 13.0 Å². The summed E-state index contributed by atoms with van der Waals surface area (Å²) in [6.07, 6.45) is 3.34. The number of para-hydroxylation sites is 2. The molecule has 0 N–H and O–H groups in total. The molecular formula is C22H24N4O. The standard InChI is InChI=1S/C22H24N4O/c1-2-7-18(8-3-1)21-17-26-20-10-5-4-9-19(20)23-22(26)25(21)12-6-11-24-13-15-27-16-14-24/h1-5,7-10,17H,6,11-16H2. The Morgan fingerprint density at radius 1 is 0.889 bits per heavy atom. The van der Waals surface area contributed by atoms with Crippen LogP contribution in [0.15, 0.2) is 60.8 Å². The number of rotatable bonds is 5. The van der Waals surface area contributed by atoms with Crippen molar-refractivity contribution >= 4 is 16.8 Å². The Balaban J connectivity index is 1.51. The normalized spacial score (nSPS) is 15.7. The summed E-state index contributed by atoms with van der Waals surface area (Å²) in [5.74, 6) is 1.03. The van der Waals surface area contributed by atoms with E-state index >= 15 is 0 Å². The number of aryl methyl sites for hydroxylation is 1. The van der Waals surface area contributed by atoms with Crippen molar-refractivity contribution < 1.29 is 4.74 Å². The topological polar surface area (TPSA) is 34.7 Å². The lowest BCUT2D eigenvalue weighted by Gasteiger charge is -2.26. The van der Waals surface area contributed by atoms with Crippen LogP contribution in [-0.2, 0) is 11.3 Å². The first-order valence-electron chi connectivity index (χ1n) is 9.72. The molecule has 2 aromatic heterocycles. The second-order valence-corrected chi connectivity index (χ2v) is 7.11. The highest BCUT2D eigenvalue weighted by molar-refractivity contribution is 5.81. The zero-order chi connectivity index (χ0) is 18.1. The lowest BCUT2D eigenvalue weighted by Crippen LogP contribution is -2.37. The quantitative estimate of drug-likeness (QED) is 0.545. The summed E-state index contributed by atoms with van der Waals surface area (Å²) in [4.78, 5) is 7.41. The Labute approximate surface area is 158 Å². The monoisotopic (exact) mass is 360 g/mol. The van der Waals surface area contributed by atoms with Gasteiger partial charge >= 0.3 is 0 Å². The fourth-order valence-corrected chi connectivity index (χ4v) is 3.99. The lowest BCUT2D eigenvalue weighted by atomic mass is 10.1. The molecule has 1 aliphatic rings. The number of hydrogen-bond donors (Lipinski definition) is 0. The van der Waals surface area contributed by atoms with Gasteiger partial charge in [0.1, 0.15) is 0 Å². The first kappa shape index (κ1) is 16.5. The maximum Gasteiger partial charge on any atom is 0.215 e. The molecule has 0 atom stereocenters. The smallest absolute Gasteiger partial charge is 0.215 e. The zero-order valence-corrected chi connectivity index (χ0v) is 15.4. The van der Waals surface area contributed by atoms with Crippen LogP contribution in [0.4, 0.5) is 0 Å². The van der Waals surface area contributed by atoms with E-state index in [1.165, 1.54) is 11.3 Å². The summed E-state index contributed by atoms with van der Waals surface area (Å²) in [6.45, 7) is 5.85. The molecule has 0 spiro atoms. The molecule has 2 aromatic carbocycles. The van der Waals surface area contributed by atoms with Gasteiger partial charge in [-0.2, -0.15) is 0 Å². The number of morpholine rings is 1. The van der Waals surface area contributed by atoms with Crippen LogP contribution >= 0.6 is 0 Å². The van der Waals surface area contributed by atoms with Gasteiger partial charge in [0.25, 0.3) is 0 Å². The Kier molecular flexibility index (Phi) is 4.40. The summed E-state index contributed by atoms with van der Waals surface area (Å²) < 4.78 is 10.1. The molecule has 5 heteroatoms. The van der Waals surface area contributed by atoms with Gasteiger partial charge in [-0.3, -0.25) is 9.30 Å². The predicted molar refractivity (Wildman–Crippen MR) is 108 cm³/mol. The maximum atomic E-state index is 5.46. The first-order valence-corrected chi connectivity index (χ1v) is 9.72. The Morgan fingerprint density at radius 2 is 1.67 bits per heavy atom. The van der Waals surface area contributed by atoms with E-state index in [2.05, 4.69) is 74.7 Å². The average Bonchev–Trinajstić information content (AvgIpc) is 3.26. The minimum atomic E-state index is 0.856. The molecular weight excluding hydrogens is 336 g/mol. The predicted octanol–water partition coefficient (Wildman–Crippen LogP) is 3.68. The fraction of sp³-hybridized carbons (Fsp3) is 0.318. The molecule has 0 amide bonds. The number of aromatic nitrogens is 3. The molecule has 0 bridgehead atoms. The van der Waals surface area contributed by atoms with Gasteiger partial charge in [0.15, 0.2) is 0 Å². The number of ether oxygens (including phenoxy) is 1. The fourth-order valence-electron chi connectivity index (χ4n) is 3.99. The second kappa shape index (κ2) is 7.18. The summed E-state index contributed by atoms with van der Waals surface area (Å²) in [6, 6.07) is 19.0. The third-order valence-corrected chi connectivity index (χ3v) is 5.39. The molecule has 0 aliphatic carbocycles. The average molecular weight is 360 g/mol. The number of hydrogen-bond acceptors (Lipinski definition) is 3. The van der Waals surface area contributed by atoms with Crippen molar-refractivity contribution in [2.24, 2.45) is 0 Å². The zero-order valence-electron chi connectivity index (χ0n) is 15.4. The van der Waals surface area contributed by atoms with Crippen molar-refractivity contribution in [3.63, 3.8) is 0 Å². The molecule has 1 saturated heterocycles. The molecule has 3 heterocycles. The van der Waals surface area contributed by atoms with Crippen molar-refractivity contribution in [3.8, 4) is 11.3 Å². The molecule has 138 valence electrons. The van der Waals surface area contributed by atoms with Crippen molar-refractivity contribution in [3.05, 3.63) is 60.8 Å². The number of imidazole rings is 2. The van der Waals surface area contributed by atoms with Crippen LogP contribution < -0.4 is 0 Å². The summed E-state index contributed by atoms with van der Waals surface area (Å²) in [5, 5.41) is 0. The van der Waals surface area contributed by atoms with E-state index in [1.807, 2.05) is 0 Å². The molecule has 5 rings (SSSR count). The van der Waals surface area contributed by atoms with Crippen LogP contribution in [0, 0.1) is 0 Å². The minimum absolute atomic E-state index is 0.856. The summed E-state index contributed by atoms with van der Waals surface area (Å²) >= 11 is 0. The molecule has 1 aliphatic heterocycles. The highest BCUT2D eigenvalue weighted by atomic mass is 16.5. The van der Waals surface area contributed by atoms with Crippen LogP contribution in [0.3, 0.4) is 0 Å². The van der Waals surface area contributed by atoms with Crippen LogP contribution in [0.5, 0.6) is 0 Å². The molecule has 0 saturated carbocycles. The number of nitrogens with zero attached hydrogens (tertiary/aromatic N) is 4. The van der Waals surface area contributed by atoms with E-state index in [0.29, 0.717) is 0 Å². The van der Waals surface area contributed by atoms with Gasteiger partial charge in [-0.15, -0.1) is 0 Å².